The SMILES string of the molecule is CCC[C@@H]1C[C@H](n2c(=O)c(/C(C)=N/OCC(=O)O)nc3ccccc32)CCN1C1CCCCCCCCC1. The maximum atomic E-state index is 13.9. The molecule has 1 aromatic heterocycles. The molecule has 1 aliphatic heterocycles. The molecule has 1 saturated heterocycles. The van der Waals surface area contributed by atoms with Crippen LogP contribution in [0.15, 0.2) is 34.2 Å². The number of aromatic nitrogens is 2. The van der Waals surface area contributed by atoms with Crippen LogP contribution in [-0.2, 0) is 9.63 Å². The summed E-state index contributed by atoms with van der Waals surface area (Å²) in [6, 6.07) is 8.95. The van der Waals surface area contributed by atoms with Gasteiger partial charge in [-0.15, -0.1) is 0 Å². The summed E-state index contributed by atoms with van der Waals surface area (Å²) >= 11 is 0. The highest BCUT2D eigenvalue weighted by molar-refractivity contribution is 5.97. The number of hydrogen-bond donors (Lipinski definition) is 1. The number of fused-ring (bicyclic) bond motifs is 1. The van der Waals surface area contributed by atoms with Gasteiger partial charge in [-0.25, -0.2) is 9.78 Å². The second-order valence-electron chi connectivity index (χ2n) is 11.0. The molecule has 1 aromatic carbocycles. The van der Waals surface area contributed by atoms with E-state index in [1.807, 2.05) is 28.8 Å². The van der Waals surface area contributed by atoms with Crippen LogP contribution in [0, 0.1) is 0 Å². The lowest BCUT2D eigenvalue weighted by Gasteiger charge is -2.45. The maximum absolute atomic E-state index is 13.9. The third kappa shape index (κ3) is 7.01. The van der Waals surface area contributed by atoms with Gasteiger partial charge in [0.15, 0.2) is 5.69 Å². The first-order chi connectivity index (χ1) is 18.5. The molecule has 2 heterocycles. The number of rotatable bonds is 8. The number of oxime groups is 1. The number of likely N-dealkylation sites (tertiary alicyclic amines) is 1. The van der Waals surface area contributed by atoms with Gasteiger partial charge in [0.1, 0.15) is 5.71 Å². The number of carbonyl (C=O) groups is 1. The van der Waals surface area contributed by atoms with E-state index in [9.17, 15) is 9.59 Å². The van der Waals surface area contributed by atoms with Gasteiger partial charge in [0.2, 0.25) is 6.61 Å². The zero-order valence-corrected chi connectivity index (χ0v) is 23.1. The summed E-state index contributed by atoms with van der Waals surface area (Å²) in [5, 5.41) is 12.8. The van der Waals surface area contributed by atoms with E-state index in [0.29, 0.717) is 17.8 Å². The van der Waals surface area contributed by atoms with Crippen LogP contribution in [0.25, 0.3) is 11.0 Å². The fraction of sp³-hybridized carbons (Fsp3) is 0.667. The van der Waals surface area contributed by atoms with Crippen LogP contribution in [0.5, 0.6) is 0 Å². The van der Waals surface area contributed by atoms with Crippen LogP contribution >= 0.6 is 0 Å². The summed E-state index contributed by atoms with van der Waals surface area (Å²) in [5.74, 6) is -1.12. The molecule has 0 spiro atoms. The highest BCUT2D eigenvalue weighted by Crippen LogP contribution is 2.34. The second kappa shape index (κ2) is 13.9. The molecule has 208 valence electrons. The minimum atomic E-state index is -1.12. The Kier molecular flexibility index (Phi) is 10.3. The van der Waals surface area contributed by atoms with Crippen molar-refractivity contribution in [2.75, 3.05) is 13.2 Å². The largest absolute Gasteiger partial charge is 0.479 e. The Balaban J connectivity index is 1.63. The average molecular weight is 525 g/mol. The van der Waals surface area contributed by atoms with Crippen molar-refractivity contribution in [1.82, 2.24) is 14.5 Å². The van der Waals surface area contributed by atoms with E-state index >= 15 is 0 Å². The van der Waals surface area contributed by atoms with Gasteiger partial charge in [-0.2, -0.15) is 0 Å². The number of para-hydroxylation sites is 2. The molecule has 0 radical (unpaired) electrons. The minimum Gasteiger partial charge on any atom is -0.479 e. The first-order valence-electron chi connectivity index (χ1n) is 14.6. The number of nitrogens with zero attached hydrogens (tertiary/aromatic N) is 4. The molecule has 2 aromatic rings. The summed E-state index contributed by atoms with van der Waals surface area (Å²) in [7, 11) is 0. The summed E-state index contributed by atoms with van der Waals surface area (Å²) in [6.07, 6.45) is 16.2. The Morgan fingerprint density at radius 1 is 1.05 bits per heavy atom. The molecular formula is C30H44N4O4. The Morgan fingerprint density at radius 3 is 2.42 bits per heavy atom. The van der Waals surface area contributed by atoms with Gasteiger partial charge in [0.25, 0.3) is 5.56 Å². The highest BCUT2D eigenvalue weighted by atomic mass is 16.6. The number of carboxylic acid groups (broad SMARTS) is 1. The Hall–Kier alpha value is -2.74. The summed E-state index contributed by atoms with van der Waals surface area (Å²) < 4.78 is 1.93. The lowest BCUT2D eigenvalue weighted by Crippen LogP contribution is -2.50. The van der Waals surface area contributed by atoms with Crippen molar-refractivity contribution in [3.8, 4) is 0 Å². The van der Waals surface area contributed by atoms with Gasteiger partial charge in [-0.05, 0) is 51.2 Å². The van der Waals surface area contributed by atoms with E-state index in [1.54, 1.807) is 6.92 Å². The van der Waals surface area contributed by atoms with Crippen molar-refractivity contribution in [1.29, 1.82) is 0 Å². The molecule has 4 rings (SSSR count). The quantitative estimate of drug-likeness (QED) is 0.340. The fourth-order valence-electron chi connectivity index (χ4n) is 6.48. The van der Waals surface area contributed by atoms with Crippen LogP contribution in [0.1, 0.15) is 109 Å². The van der Waals surface area contributed by atoms with E-state index in [0.717, 1.165) is 43.3 Å². The number of benzene rings is 1. The molecule has 0 unspecified atom stereocenters. The first kappa shape index (κ1) is 28.3. The summed E-state index contributed by atoms with van der Waals surface area (Å²) in [6.45, 7) is 4.36. The van der Waals surface area contributed by atoms with E-state index in [1.165, 1.54) is 57.8 Å². The molecule has 0 amide bonds. The lowest BCUT2D eigenvalue weighted by molar-refractivity contribution is -0.142. The predicted octanol–water partition coefficient (Wildman–Crippen LogP) is 5.92. The molecule has 2 fully saturated rings. The molecule has 1 saturated carbocycles. The third-order valence-electron chi connectivity index (χ3n) is 8.29. The predicted molar refractivity (Wildman–Crippen MR) is 151 cm³/mol. The maximum Gasteiger partial charge on any atom is 0.344 e. The Morgan fingerprint density at radius 2 is 1.74 bits per heavy atom. The van der Waals surface area contributed by atoms with Crippen molar-refractivity contribution >= 4 is 22.7 Å². The number of hydrogen-bond acceptors (Lipinski definition) is 6. The van der Waals surface area contributed by atoms with Crippen molar-refractivity contribution in [3.63, 3.8) is 0 Å². The fourth-order valence-corrected chi connectivity index (χ4v) is 6.48. The molecule has 8 heteroatoms. The first-order valence-corrected chi connectivity index (χ1v) is 14.6. The lowest BCUT2D eigenvalue weighted by atomic mass is 9.88. The monoisotopic (exact) mass is 524 g/mol. The number of piperidine rings is 1. The smallest absolute Gasteiger partial charge is 0.344 e. The zero-order chi connectivity index (χ0) is 26.9. The number of carboxylic acids is 1. The highest BCUT2D eigenvalue weighted by Gasteiger charge is 2.34. The average Bonchev–Trinajstić information content (AvgIpc) is 2.91. The molecule has 38 heavy (non-hydrogen) atoms. The van der Waals surface area contributed by atoms with Crippen molar-refractivity contribution in [3.05, 3.63) is 40.3 Å². The molecule has 1 N–H and O–H groups in total. The van der Waals surface area contributed by atoms with E-state index in [2.05, 4.69) is 22.0 Å². The Bertz CT molecular complexity index is 1150. The summed E-state index contributed by atoms with van der Waals surface area (Å²) in [4.78, 5) is 37.0. The molecule has 1 aliphatic carbocycles. The van der Waals surface area contributed by atoms with Gasteiger partial charge < -0.3 is 14.5 Å². The van der Waals surface area contributed by atoms with Crippen molar-refractivity contribution in [2.24, 2.45) is 5.16 Å². The molecule has 2 atom stereocenters. The molecule has 0 bridgehead atoms. The van der Waals surface area contributed by atoms with E-state index < -0.39 is 12.6 Å². The minimum absolute atomic E-state index is 0.0780. The summed E-state index contributed by atoms with van der Waals surface area (Å²) in [5.41, 5.74) is 1.90. The van der Waals surface area contributed by atoms with Gasteiger partial charge in [-0.3, -0.25) is 9.69 Å². The van der Waals surface area contributed by atoms with Crippen LogP contribution in [0.3, 0.4) is 0 Å². The van der Waals surface area contributed by atoms with Gasteiger partial charge >= 0.3 is 5.97 Å². The van der Waals surface area contributed by atoms with Gasteiger partial charge in [-0.1, -0.05) is 75.6 Å². The topological polar surface area (TPSA) is 97.0 Å². The standard InChI is InChI=1S/C30H44N4O4/c1-3-13-24-20-25(18-19-33(24)23-14-9-7-5-4-6-8-10-15-23)34-27-17-12-11-16-26(27)31-29(30(34)37)22(2)32-38-21-28(35)36/h11-12,16-17,23-25H,3-10,13-15,18-21H2,1-2H3,(H,35,36)/b32-22+/t24-,25-/m1/s1. The van der Waals surface area contributed by atoms with Gasteiger partial charge in [0.05, 0.1) is 11.0 Å². The molecule has 2 aliphatic rings. The van der Waals surface area contributed by atoms with Crippen LogP contribution < -0.4 is 5.56 Å². The van der Waals surface area contributed by atoms with Crippen LogP contribution in [0.4, 0.5) is 0 Å². The third-order valence-corrected chi connectivity index (χ3v) is 8.29. The molecular weight excluding hydrogens is 480 g/mol. The van der Waals surface area contributed by atoms with Crippen molar-refractivity contribution in [2.45, 2.75) is 115 Å². The van der Waals surface area contributed by atoms with E-state index in [-0.39, 0.29) is 17.3 Å². The van der Waals surface area contributed by atoms with E-state index in [4.69, 9.17) is 9.94 Å². The Labute approximate surface area is 226 Å². The van der Waals surface area contributed by atoms with Crippen LogP contribution in [0.2, 0.25) is 0 Å². The molecule has 8 nitrogen and oxygen atoms in total. The normalized spacial score (nSPS) is 22.8. The zero-order valence-electron chi connectivity index (χ0n) is 23.1. The second-order valence-corrected chi connectivity index (χ2v) is 11.0. The van der Waals surface area contributed by atoms with Gasteiger partial charge in [0, 0.05) is 24.7 Å². The number of aliphatic carboxylic acids is 1. The van der Waals surface area contributed by atoms with Crippen LogP contribution in [-0.4, -0.2) is 56.5 Å². The van der Waals surface area contributed by atoms with Crippen molar-refractivity contribution < 1.29 is 14.7 Å².